The van der Waals surface area contributed by atoms with Crippen LogP contribution in [0.4, 0.5) is 11.4 Å². The van der Waals surface area contributed by atoms with Gasteiger partial charge in [0.05, 0.1) is 17.6 Å². The minimum Gasteiger partial charge on any atom is -0.385 e. The monoisotopic (exact) mass is 610 g/mol. The first-order valence-electron chi connectivity index (χ1n) is 17.0. The highest BCUT2D eigenvalue weighted by Gasteiger charge is 2.54. The predicted octanol–water partition coefficient (Wildman–Crippen LogP) is 8.00. The second-order valence-electron chi connectivity index (χ2n) is 14.6. The smallest absolute Gasteiger partial charge is 0.209 e. The molecular formula is C40H54N2O3. The molecule has 5 aliphatic heterocycles. The van der Waals surface area contributed by atoms with Crippen molar-refractivity contribution in [1.82, 2.24) is 0 Å². The fourth-order valence-corrected chi connectivity index (χ4v) is 8.85. The van der Waals surface area contributed by atoms with Crippen LogP contribution in [0.5, 0.6) is 0 Å². The zero-order valence-corrected chi connectivity index (χ0v) is 28.8. The van der Waals surface area contributed by atoms with Gasteiger partial charge < -0.3 is 26.5 Å². The van der Waals surface area contributed by atoms with Crippen LogP contribution < -0.4 is 4.90 Å². The van der Waals surface area contributed by atoms with Crippen molar-refractivity contribution in [2.75, 3.05) is 45.4 Å². The molecule has 5 aliphatic rings. The van der Waals surface area contributed by atoms with Gasteiger partial charge in [0.2, 0.25) is 5.69 Å². The van der Waals surface area contributed by atoms with E-state index in [-0.39, 0.29) is 30.5 Å². The molecule has 5 nitrogen and oxygen atoms in total. The van der Waals surface area contributed by atoms with Crippen molar-refractivity contribution in [2.24, 2.45) is 0 Å². The van der Waals surface area contributed by atoms with E-state index in [2.05, 4.69) is 79.6 Å². The molecule has 242 valence electrons. The molecule has 0 N–H and O–H groups in total. The number of methoxy groups -OCH3 is 2. The maximum atomic E-state index is 7.07. The fourth-order valence-electron chi connectivity index (χ4n) is 8.85. The van der Waals surface area contributed by atoms with E-state index in [1.165, 1.54) is 56.2 Å². The lowest BCUT2D eigenvalue weighted by atomic mass is 9.73. The Morgan fingerprint density at radius 3 is 2.18 bits per heavy atom. The van der Waals surface area contributed by atoms with E-state index in [4.69, 9.17) is 14.2 Å². The molecule has 45 heavy (non-hydrogen) atoms. The van der Waals surface area contributed by atoms with E-state index in [0.29, 0.717) is 0 Å². The van der Waals surface area contributed by atoms with Crippen LogP contribution in [0.3, 0.4) is 0 Å². The van der Waals surface area contributed by atoms with Crippen molar-refractivity contribution in [3.05, 3.63) is 89.0 Å². The Morgan fingerprint density at radius 1 is 0.822 bits per heavy atom. The molecule has 7 rings (SSSR count). The molecule has 0 radical (unpaired) electrons. The molecule has 0 bridgehead atoms. The first-order valence-corrected chi connectivity index (χ1v) is 17.0. The second kappa shape index (κ2) is 12.5. The Kier molecular flexibility index (Phi) is 8.93. The first kappa shape index (κ1) is 32.2. The van der Waals surface area contributed by atoms with Crippen LogP contribution in [0.25, 0.3) is 0 Å². The van der Waals surface area contributed by atoms with Crippen LogP contribution in [0.2, 0.25) is 0 Å². The molecule has 0 fully saturated rings. The molecule has 0 amide bonds. The maximum Gasteiger partial charge on any atom is 0.209 e. The normalized spacial score (nSPS) is 23.4. The molecule has 2 aromatic carbocycles. The van der Waals surface area contributed by atoms with Gasteiger partial charge >= 0.3 is 0 Å². The number of hydrogen-bond donors (Lipinski definition) is 0. The zero-order valence-electron chi connectivity index (χ0n) is 28.8. The Morgan fingerprint density at radius 2 is 1.49 bits per heavy atom. The van der Waals surface area contributed by atoms with Crippen LogP contribution in [0.15, 0.2) is 59.3 Å². The second-order valence-corrected chi connectivity index (χ2v) is 14.6. The quantitative estimate of drug-likeness (QED) is 0.155. The highest BCUT2D eigenvalue weighted by Crippen LogP contribution is 2.54. The minimum absolute atomic E-state index is 0. The summed E-state index contributed by atoms with van der Waals surface area (Å²) in [6, 6.07) is 14.5. The van der Waals surface area contributed by atoms with Gasteiger partial charge in [0, 0.05) is 80.0 Å². The molecule has 5 heterocycles. The number of nitrogens with zero attached hydrogens (tertiary/aromatic N) is 2. The van der Waals surface area contributed by atoms with Gasteiger partial charge in [0.25, 0.3) is 0 Å². The largest absolute Gasteiger partial charge is 0.385 e. The number of anilines is 1. The third-order valence-electron chi connectivity index (χ3n) is 11.0. The van der Waals surface area contributed by atoms with Crippen LogP contribution in [-0.4, -0.2) is 63.0 Å². The summed E-state index contributed by atoms with van der Waals surface area (Å²) < 4.78 is 20.3. The average Bonchev–Trinajstić information content (AvgIpc) is 3.39. The van der Waals surface area contributed by atoms with Crippen molar-refractivity contribution < 1.29 is 18.8 Å². The van der Waals surface area contributed by atoms with E-state index in [1.54, 1.807) is 14.2 Å². The van der Waals surface area contributed by atoms with E-state index in [0.717, 1.165) is 77.7 Å². The van der Waals surface area contributed by atoms with Crippen molar-refractivity contribution in [3.8, 4) is 0 Å². The molecule has 0 saturated heterocycles. The topological polar surface area (TPSA) is 33.9 Å². The number of allylic oxidation sites excluding steroid dienone is 1. The van der Waals surface area contributed by atoms with E-state index in [9.17, 15) is 0 Å². The molecule has 0 aromatic heterocycles. The zero-order chi connectivity index (χ0) is 30.6. The average molecular weight is 611 g/mol. The summed E-state index contributed by atoms with van der Waals surface area (Å²) >= 11 is 0. The third kappa shape index (κ3) is 5.33. The van der Waals surface area contributed by atoms with Gasteiger partial charge in [-0.25, -0.2) is 0 Å². The van der Waals surface area contributed by atoms with Crippen molar-refractivity contribution >= 4 is 17.1 Å². The SMILES string of the molecule is COCCCCc1ccc2c(c1)C(C)(C)C1=C3C=C4C5=[N+](CCC4OC3CCN12)c1ccc(CCCCOC)cc1C5(C)C.[CH3-]. The van der Waals surface area contributed by atoms with Gasteiger partial charge in [-0.1, -0.05) is 32.0 Å². The van der Waals surface area contributed by atoms with Gasteiger partial charge in [-0.05, 0) is 93.7 Å². The summed E-state index contributed by atoms with van der Waals surface area (Å²) in [6.07, 6.45) is 11.8. The van der Waals surface area contributed by atoms with Crippen LogP contribution >= 0.6 is 0 Å². The first-order chi connectivity index (χ1) is 21.3. The molecular weight excluding hydrogens is 556 g/mol. The Bertz CT molecular complexity index is 1540. The Hall–Kier alpha value is -2.73. The lowest BCUT2D eigenvalue weighted by Crippen LogP contribution is -2.47. The lowest BCUT2D eigenvalue weighted by Gasteiger charge is -2.42. The van der Waals surface area contributed by atoms with Gasteiger partial charge in [0.15, 0.2) is 12.3 Å². The van der Waals surface area contributed by atoms with Gasteiger partial charge in [-0.15, -0.1) is 0 Å². The number of benzene rings is 2. The Balaban J connectivity index is 0.00000357. The fraction of sp³-hybridized carbons (Fsp3) is 0.550. The number of ether oxygens (including phenoxy) is 3. The van der Waals surface area contributed by atoms with Crippen LogP contribution in [-0.2, 0) is 37.9 Å². The van der Waals surface area contributed by atoms with Crippen molar-refractivity contribution in [3.63, 3.8) is 0 Å². The summed E-state index contributed by atoms with van der Waals surface area (Å²) in [5.74, 6) is 0. The summed E-state index contributed by atoms with van der Waals surface area (Å²) in [5, 5.41) is 0. The highest BCUT2D eigenvalue weighted by atomic mass is 16.5. The Labute approximate surface area is 272 Å². The standard InChI is InChI=1S/C39H51N2O3.CH3/c1-38(2)30-23-26(11-7-9-21-42-5)13-15-32(30)40-19-17-34-28(36(38)40)25-29-35(44-34)18-20-41-33-16-14-27(12-8-10-22-43-6)24-31(33)39(3,4)37(29)41;/h13-16,23-25,34-35H,7-12,17-22H2,1-6H3;1H3/q+1;-1. The highest BCUT2D eigenvalue weighted by molar-refractivity contribution is 6.08. The van der Waals surface area contributed by atoms with Gasteiger partial charge in [-0.2, -0.15) is 4.58 Å². The lowest BCUT2D eigenvalue weighted by molar-refractivity contribution is -0.445. The molecule has 2 aromatic rings. The number of hydrogen-bond acceptors (Lipinski definition) is 4. The van der Waals surface area contributed by atoms with Gasteiger partial charge in [0.1, 0.15) is 0 Å². The summed E-state index contributed by atoms with van der Waals surface area (Å²) in [4.78, 5) is 2.62. The number of fused-ring (bicyclic) bond motifs is 8. The van der Waals surface area contributed by atoms with Crippen LogP contribution in [0, 0.1) is 7.43 Å². The van der Waals surface area contributed by atoms with Gasteiger partial charge in [-0.3, -0.25) is 0 Å². The van der Waals surface area contributed by atoms with Crippen molar-refractivity contribution in [2.45, 2.75) is 102 Å². The summed E-state index contributed by atoms with van der Waals surface area (Å²) in [7, 11) is 3.59. The van der Waals surface area contributed by atoms with Crippen molar-refractivity contribution in [1.29, 1.82) is 0 Å². The summed E-state index contributed by atoms with van der Waals surface area (Å²) in [6.45, 7) is 13.4. The third-order valence-corrected chi connectivity index (χ3v) is 11.0. The predicted molar refractivity (Wildman–Crippen MR) is 185 cm³/mol. The summed E-state index contributed by atoms with van der Waals surface area (Å²) in [5.41, 5.74) is 14.2. The number of unbranched alkanes of at least 4 members (excludes halogenated alkanes) is 2. The molecule has 0 saturated carbocycles. The van der Waals surface area contributed by atoms with E-state index >= 15 is 0 Å². The molecule has 5 heteroatoms. The number of aryl methyl sites for hydroxylation is 2. The minimum atomic E-state index is -0.0654. The van der Waals surface area contributed by atoms with E-state index in [1.807, 2.05) is 0 Å². The number of rotatable bonds is 10. The molecule has 2 atom stereocenters. The molecule has 0 spiro atoms. The maximum absolute atomic E-state index is 7.07. The molecule has 2 unspecified atom stereocenters. The van der Waals surface area contributed by atoms with Crippen LogP contribution in [0.1, 0.15) is 88.5 Å². The van der Waals surface area contributed by atoms with E-state index < -0.39 is 0 Å². The molecule has 0 aliphatic carbocycles.